The summed E-state index contributed by atoms with van der Waals surface area (Å²) in [5.74, 6) is 0.996. The maximum atomic E-state index is 10.2. The number of aliphatic hydroxyl groups excluding tert-OH is 1. The van der Waals surface area contributed by atoms with Crippen molar-refractivity contribution in [2.24, 2.45) is 0 Å². The normalized spacial score (nSPS) is 14.0. The van der Waals surface area contributed by atoms with Crippen LogP contribution < -0.4 is 0 Å². The highest BCUT2D eigenvalue weighted by molar-refractivity contribution is 5.18. The topological polar surface area (TPSA) is 68.4 Å². The second-order valence-electron chi connectivity index (χ2n) is 4.91. The van der Waals surface area contributed by atoms with Gasteiger partial charge in [0.05, 0.1) is 12.5 Å². The van der Waals surface area contributed by atoms with E-state index in [2.05, 4.69) is 17.1 Å². The molecule has 5 nitrogen and oxygen atoms in total. The van der Waals surface area contributed by atoms with Crippen molar-refractivity contribution in [3.05, 3.63) is 47.6 Å². The van der Waals surface area contributed by atoms with Crippen LogP contribution in [-0.4, -0.2) is 21.9 Å². The fraction of sp³-hybridized carbons (Fsp3) is 0.500. The van der Waals surface area contributed by atoms with Gasteiger partial charge >= 0.3 is 0 Å². The Kier molecular flexibility index (Phi) is 5.90. The summed E-state index contributed by atoms with van der Waals surface area (Å²) in [5, 5.41) is 14.1. The lowest BCUT2D eigenvalue weighted by Gasteiger charge is -2.11. The molecule has 2 unspecified atom stereocenters. The highest BCUT2D eigenvalue weighted by atomic mass is 16.5. The van der Waals surface area contributed by atoms with Crippen LogP contribution in [0.5, 0.6) is 0 Å². The Morgan fingerprint density at radius 2 is 2.00 bits per heavy atom. The van der Waals surface area contributed by atoms with Crippen LogP contribution in [0.25, 0.3) is 0 Å². The molecule has 0 bridgehead atoms. The van der Waals surface area contributed by atoms with Crippen LogP contribution in [-0.2, 0) is 11.2 Å². The number of ether oxygens (including phenoxy) is 1. The number of aliphatic hydroxyl groups is 1. The van der Waals surface area contributed by atoms with Crippen LogP contribution in [0.1, 0.15) is 56.2 Å². The van der Waals surface area contributed by atoms with Gasteiger partial charge < -0.3 is 14.4 Å². The second kappa shape index (κ2) is 7.90. The van der Waals surface area contributed by atoms with Gasteiger partial charge in [0.25, 0.3) is 0 Å². The molecule has 0 spiro atoms. The van der Waals surface area contributed by atoms with Crippen molar-refractivity contribution >= 4 is 0 Å². The third-order valence-electron chi connectivity index (χ3n) is 3.24. The molecule has 1 aromatic heterocycles. The Morgan fingerprint density at radius 1 is 1.24 bits per heavy atom. The number of hydrogen-bond donors (Lipinski definition) is 1. The number of nitrogens with zero attached hydrogens (tertiary/aromatic N) is 2. The van der Waals surface area contributed by atoms with Crippen molar-refractivity contribution in [2.45, 2.75) is 45.3 Å². The Morgan fingerprint density at radius 3 is 2.67 bits per heavy atom. The van der Waals surface area contributed by atoms with Gasteiger partial charge in [-0.2, -0.15) is 4.98 Å². The van der Waals surface area contributed by atoms with Gasteiger partial charge in [-0.1, -0.05) is 48.8 Å². The van der Waals surface area contributed by atoms with E-state index in [1.807, 2.05) is 37.3 Å². The van der Waals surface area contributed by atoms with Crippen molar-refractivity contribution in [3.63, 3.8) is 0 Å². The lowest BCUT2D eigenvalue weighted by atomic mass is 10.1. The first-order valence-electron chi connectivity index (χ1n) is 7.41. The molecule has 0 amide bonds. The maximum absolute atomic E-state index is 10.2. The standard InChI is InChI=1S/C16H22N2O3/c1-3-8-14(20-4-2)16-17-15(21-18-16)11-13(19)12-9-6-5-7-10-12/h5-7,9-10,13-14,19H,3-4,8,11H2,1-2H3. The molecular formula is C16H22N2O3. The van der Waals surface area contributed by atoms with Gasteiger partial charge in [-0.3, -0.25) is 0 Å². The Hall–Kier alpha value is -1.72. The van der Waals surface area contributed by atoms with Crippen molar-refractivity contribution in [1.29, 1.82) is 0 Å². The number of hydrogen-bond acceptors (Lipinski definition) is 5. The van der Waals surface area contributed by atoms with E-state index in [0.29, 0.717) is 24.7 Å². The van der Waals surface area contributed by atoms with E-state index < -0.39 is 6.10 Å². The quantitative estimate of drug-likeness (QED) is 0.808. The minimum atomic E-state index is -0.642. The van der Waals surface area contributed by atoms with Gasteiger partial charge in [0, 0.05) is 6.61 Å². The molecule has 0 saturated heterocycles. The lowest BCUT2D eigenvalue weighted by molar-refractivity contribution is 0.0477. The molecule has 0 aliphatic heterocycles. The van der Waals surface area contributed by atoms with Crippen LogP contribution in [0, 0.1) is 0 Å². The minimum Gasteiger partial charge on any atom is -0.388 e. The summed E-state index contributed by atoms with van der Waals surface area (Å²) in [6, 6.07) is 9.46. The predicted octanol–water partition coefficient (Wildman–Crippen LogP) is 3.22. The molecule has 1 heterocycles. The molecule has 2 aromatic rings. The number of rotatable bonds is 8. The van der Waals surface area contributed by atoms with Gasteiger partial charge in [0.15, 0.2) is 0 Å². The second-order valence-corrected chi connectivity index (χ2v) is 4.91. The average molecular weight is 290 g/mol. The molecule has 0 aliphatic carbocycles. The van der Waals surface area contributed by atoms with Crippen LogP contribution in [0.3, 0.4) is 0 Å². The third-order valence-corrected chi connectivity index (χ3v) is 3.24. The first-order valence-corrected chi connectivity index (χ1v) is 7.41. The van der Waals surface area contributed by atoms with E-state index in [9.17, 15) is 5.11 Å². The highest BCUT2D eigenvalue weighted by Gasteiger charge is 2.19. The predicted molar refractivity (Wildman–Crippen MR) is 78.7 cm³/mol. The molecule has 21 heavy (non-hydrogen) atoms. The van der Waals surface area contributed by atoms with Crippen LogP contribution in [0.4, 0.5) is 0 Å². The molecule has 2 rings (SSSR count). The summed E-state index contributed by atoms with van der Waals surface area (Å²) < 4.78 is 10.9. The van der Waals surface area contributed by atoms with Crippen molar-refractivity contribution in [3.8, 4) is 0 Å². The fourth-order valence-electron chi connectivity index (χ4n) is 2.19. The van der Waals surface area contributed by atoms with Crippen LogP contribution in [0.2, 0.25) is 0 Å². The summed E-state index contributed by atoms with van der Waals surface area (Å²) in [4.78, 5) is 4.35. The number of benzene rings is 1. The molecule has 2 atom stereocenters. The van der Waals surface area contributed by atoms with Crippen LogP contribution in [0.15, 0.2) is 34.9 Å². The first-order chi connectivity index (χ1) is 10.2. The molecule has 5 heteroatoms. The zero-order chi connectivity index (χ0) is 15.1. The van der Waals surface area contributed by atoms with E-state index in [1.54, 1.807) is 0 Å². The van der Waals surface area contributed by atoms with Gasteiger partial charge in [0.1, 0.15) is 6.10 Å². The van der Waals surface area contributed by atoms with E-state index >= 15 is 0 Å². The zero-order valence-corrected chi connectivity index (χ0v) is 12.5. The molecule has 114 valence electrons. The SMILES string of the molecule is CCCC(OCC)c1noc(CC(O)c2ccccc2)n1. The van der Waals surface area contributed by atoms with Crippen molar-refractivity contribution in [1.82, 2.24) is 10.1 Å². The molecule has 1 N–H and O–H groups in total. The zero-order valence-electron chi connectivity index (χ0n) is 12.5. The van der Waals surface area contributed by atoms with Gasteiger partial charge in [0.2, 0.25) is 11.7 Å². The fourth-order valence-corrected chi connectivity index (χ4v) is 2.19. The van der Waals surface area contributed by atoms with E-state index in [4.69, 9.17) is 9.26 Å². The summed E-state index contributed by atoms with van der Waals surface area (Å²) in [6.07, 6.45) is 1.37. The molecule has 0 radical (unpaired) electrons. The highest BCUT2D eigenvalue weighted by Crippen LogP contribution is 2.22. The van der Waals surface area contributed by atoms with Crippen molar-refractivity contribution < 1.29 is 14.4 Å². The van der Waals surface area contributed by atoms with E-state index in [0.717, 1.165) is 18.4 Å². The molecule has 0 saturated carbocycles. The Labute approximate surface area is 125 Å². The third kappa shape index (κ3) is 4.37. The van der Waals surface area contributed by atoms with E-state index in [-0.39, 0.29) is 6.10 Å². The summed E-state index contributed by atoms with van der Waals surface area (Å²) in [7, 11) is 0. The molecular weight excluding hydrogens is 268 g/mol. The molecule has 1 aromatic carbocycles. The largest absolute Gasteiger partial charge is 0.388 e. The Bertz CT molecular complexity index is 521. The van der Waals surface area contributed by atoms with Gasteiger partial charge in [-0.15, -0.1) is 0 Å². The summed E-state index contributed by atoms with van der Waals surface area (Å²) in [6.45, 7) is 4.65. The lowest BCUT2D eigenvalue weighted by Crippen LogP contribution is -2.07. The molecule has 0 aliphatic rings. The van der Waals surface area contributed by atoms with Crippen molar-refractivity contribution in [2.75, 3.05) is 6.61 Å². The monoisotopic (exact) mass is 290 g/mol. The van der Waals surface area contributed by atoms with Gasteiger partial charge in [-0.25, -0.2) is 0 Å². The molecule has 0 fully saturated rings. The minimum absolute atomic E-state index is 0.133. The summed E-state index contributed by atoms with van der Waals surface area (Å²) in [5.41, 5.74) is 0.840. The van der Waals surface area contributed by atoms with Crippen LogP contribution >= 0.6 is 0 Å². The average Bonchev–Trinajstić information content (AvgIpc) is 2.96. The van der Waals surface area contributed by atoms with E-state index in [1.165, 1.54) is 0 Å². The Balaban J connectivity index is 2.02. The summed E-state index contributed by atoms with van der Waals surface area (Å²) >= 11 is 0. The van der Waals surface area contributed by atoms with Gasteiger partial charge in [-0.05, 0) is 18.9 Å². The first kappa shape index (κ1) is 15.7. The smallest absolute Gasteiger partial charge is 0.229 e. The maximum Gasteiger partial charge on any atom is 0.229 e. The number of aromatic nitrogens is 2.